The summed E-state index contributed by atoms with van der Waals surface area (Å²) in [5, 5.41) is 3.52. The van der Waals surface area contributed by atoms with Crippen LogP contribution in [0.3, 0.4) is 0 Å². The van der Waals surface area contributed by atoms with Crippen molar-refractivity contribution in [2.75, 3.05) is 18.5 Å². The molecule has 11 heteroatoms. The molecule has 4 rings (SSSR count). The highest BCUT2D eigenvalue weighted by molar-refractivity contribution is 7.53. The number of carbonyl (C=O) groups excluding carboxylic acids is 1. The number of amides is 1. The van der Waals surface area contributed by atoms with Crippen molar-refractivity contribution in [1.82, 2.24) is 14.5 Å². The molecule has 2 aromatic heterocycles. The smallest absolute Gasteiger partial charge is 0.335 e. The van der Waals surface area contributed by atoms with Gasteiger partial charge in [-0.15, -0.1) is 0 Å². The predicted molar refractivity (Wildman–Crippen MR) is 147 cm³/mol. The van der Waals surface area contributed by atoms with Crippen LogP contribution in [0.5, 0.6) is 0 Å². The number of rotatable bonds is 12. The van der Waals surface area contributed by atoms with Crippen molar-refractivity contribution in [3.05, 3.63) is 83.1 Å². The number of aromatic nitrogens is 3. The molecule has 38 heavy (non-hydrogen) atoms. The number of nitrogens with zero attached hydrogens (tertiary/aromatic N) is 3. The minimum Gasteiger partial charge on any atom is -0.427 e. The van der Waals surface area contributed by atoms with Gasteiger partial charge in [-0.25, -0.2) is 4.98 Å². The molecule has 0 aliphatic carbocycles. The van der Waals surface area contributed by atoms with E-state index in [0.717, 1.165) is 17.0 Å². The van der Waals surface area contributed by atoms with Crippen molar-refractivity contribution < 1.29 is 22.8 Å². The average Bonchev–Trinajstić information content (AvgIpc) is 3.50. The zero-order valence-electron chi connectivity index (χ0n) is 21.5. The summed E-state index contributed by atoms with van der Waals surface area (Å²) >= 11 is 6.06. The van der Waals surface area contributed by atoms with Gasteiger partial charge in [-0.2, -0.15) is 4.98 Å². The fraction of sp³-hybridized carbons (Fsp3) is 0.296. The van der Waals surface area contributed by atoms with Gasteiger partial charge in [0, 0.05) is 41.5 Å². The van der Waals surface area contributed by atoms with E-state index in [9.17, 15) is 9.36 Å². The lowest BCUT2D eigenvalue weighted by molar-refractivity contribution is -0.116. The first kappa shape index (κ1) is 27.8. The van der Waals surface area contributed by atoms with E-state index in [2.05, 4.69) is 15.3 Å². The molecule has 200 valence electrons. The topological polar surface area (TPSA) is 108 Å². The summed E-state index contributed by atoms with van der Waals surface area (Å²) in [7, 11) is -3.20. The Hall–Kier alpha value is -3.23. The quantitative estimate of drug-likeness (QED) is 0.191. The van der Waals surface area contributed by atoms with E-state index in [1.807, 2.05) is 19.1 Å². The van der Waals surface area contributed by atoms with Gasteiger partial charge in [0.15, 0.2) is 0 Å². The summed E-state index contributed by atoms with van der Waals surface area (Å²) in [5.74, 6) is 1.15. The van der Waals surface area contributed by atoms with Crippen LogP contribution in [0.4, 0.5) is 5.69 Å². The molecular formula is C27H30ClN4O5P. The van der Waals surface area contributed by atoms with E-state index in [1.54, 1.807) is 67.2 Å². The Bertz CT molecular complexity index is 1410. The zero-order chi connectivity index (χ0) is 27.1. The van der Waals surface area contributed by atoms with Crippen molar-refractivity contribution >= 4 is 30.8 Å². The summed E-state index contributed by atoms with van der Waals surface area (Å²) in [6.45, 7) is 6.03. The van der Waals surface area contributed by atoms with Crippen molar-refractivity contribution in [3.63, 3.8) is 0 Å². The SMILES string of the molecule is CCOP(=O)(Cc1ccc(NC(=O)CCc2oc(-n3ccnc3C)nc2-c2ccc(Cl)cc2)cc1)OCC. The molecule has 2 heterocycles. The minimum atomic E-state index is -3.20. The standard InChI is InChI=1S/C27H30ClN4O5P/c1-4-35-38(34,36-5-2)18-20-6-12-23(13-7-20)30-25(33)15-14-24-26(21-8-10-22(28)11-9-21)31-27(37-24)32-17-16-29-19(32)3/h6-13,16-17H,4-5,14-15,18H2,1-3H3,(H,30,33). The number of benzene rings is 2. The van der Waals surface area contributed by atoms with E-state index < -0.39 is 7.60 Å². The molecule has 9 nitrogen and oxygen atoms in total. The maximum Gasteiger partial charge on any atom is 0.335 e. The molecule has 0 bridgehead atoms. The van der Waals surface area contributed by atoms with Crippen LogP contribution >= 0.6 is 19.2 Å². The molecule has 0 atom stereocenters. The maximum atomic E-state index is 12.8. The number of nitrogens with one attached hydrogen (secondary N) is 1. The third-order valence-corrected chi connectivity index (χ3v) is 7.99. The Morgan fingerprint density at radius 3 is 2.37 bits per heavy atom. The average molecular weight is 557 g/mol. The second-order valence-corrected chi connectivity index (χ2v) is 11.0. The molecule has 0 aliphatic heterocycles. The van der Waals surface area contributed by atoms with Crippen LogP contribution in [0.2, 0.25) is 5.02 Å². The van der Waals surface area contributed by atoms with Crippen molar-refractivity contribution in [3.8, 4) is 17.3 Å². The Morgan fingerprint density at radius 2 is 1.76 bits per heavy atom. The van der Waals surface area contributed by atoms with Crippen LogP contribution in [-0.2, 0) is 31.0 Å². The summed E-state index contributed by atoms with van der Waals surface area (Å²) in [6, 6.07) is 14.8. The van der Waals surface area contributed by atoms with Gasteiger partial charge >= 0.3 is 13.6 Å². The van der Waals surface area contributed by atoms with Gasteiger partial charge in [0.1, 0.15) is 17.3 Å². The third kappa shape index (κ3) is 6.99. The molecule has 2 aromatic carbocycles. The van der Waals surface area contributed by atoms with E-state index >= 15 is 0 Å². The Labute approximate surface area is 226 Å². The van der Waals surface area contributed by atoms with Crippen LogP contribution < -0.4 is 5.32 Å². The zero-order valence-corrected chi connectivity index (χ0v) is 23.2. The van der Waals surface area contributed by atoms with Gasteiger partial charge < -0.3 is 18.8 Å². The largest absolute Gasteiger partial charge is 0.427 e. The Balaban J connectivity index is 1.44. The first-order valence-electron chi connectivity index (χ1n) is 12.3. The van der Waals surface area contributed by atoms with Crippen LogP contribution in [0.15, 0.2) is 65.3 Å². The van der Waals surface area contributed by atoms with Crippen LogP contribution in [0, 0.1) is 6.92 Å². The fourth-order valence-electron chi connectivity index (χ4n) is 3.91. The highest BCUT2D eigenvalue weighted by atomic mass is 35.5. The van der Waals surface area contributed by atoms with Gasteiger partial charge in [0.2, 0.25) is 5.91 Å². The lowest BCUT2D eigenvalue weighted by Crippen LogP contribution is -2.12. The highest BCUT2D eigenvalue weighted by Gasteiger charge is 2.24. The molecule has 0 aliphatic rings. The molecule has 1 N–H and O–H groups in total. The first-order chi connectivity index (χ1) is 18.3. The third-order valence-electron chi connectivity index (χ3n) is 5.68. The summed E-state index contributed by atoms with van der Waals surface area (Å²) in [6.07, 6.45) is 4.14. The molecule has 0 fully saturated rings. The second-order valence-electron chi connectivity index (χ2n) is 8.47. The van der Waals surface area contributed by atoms with Crippen LogP contribution in [0.25, 0.3) is 17.3 Å². The van der Waals surface area contributed by atoms with Crippen LogP contribution in [0.1, 0.15) is 37.4 Å². The number of anilines is 1. The van der Waals surface area contributed by atoms with E-state index in [1.165, 1.54) is 0 Å². The molecule has 0 saturated carbocycles. The van der Waals surface area contributed by atoms with Crippen molar-refractivity contribution in [2.24, 2.45) is 0 Å². The molecular weight excluding hydrogens is 527 g/mol. The highest BCUT2D eigenvalue weighted by Crippen LogP contribution is 2.51. The Kier molecular flexibility index (Phi) is 9.17. The summed E-state index contributed by atoms with van der Waals surface area (Å²) in [4.78, 5) is 21.7. The van der Waals surface area contributed by atoms with Gasteiger partial charge in [0.25, 0.3) is 0 Å². The van der Waals surface area contributed by atoms with E-state index in [0.29, 0.717) is 47.8 Å². The summed E-state index contributed by atoms with van der Waals surface area (Å²) in [5.41, 5.74) is 2.91. The monoisotopic (exact) mass is 556 g/mol. The van der Waals surface area contributed by atoms with Crippen molar-refractivity contribution in [2.45, 2.75) is 39.8 Å². The molecule has 0 spiro atoms. The predicted octanol–water partition coefficient (Wildman–Crippen LogP) is 6.83. The molecule has 0 radical (unpaired) electrons. The number of oxazole rings is 1. The number of carbonyl (C=O) groups is 1. The normalized spacial score (nSPS) is 11.6. The van der Waals surface area contributed by atoms with Gasteiger partial charge in [0.05, 0.1) is 19.4 Å². The summed E-state index contributed by atoms with van der Waals surface area (Å²) < 4.78 is 31.3. The fourth-order valence-corrected chi connectivity index (χ4v) is 5.74. The lowest BCUT2D eigenvalue weighted by Gasteiger charge is -2.17. The maximum absolute atomic E-state index is 12.8. The molecule has 4 aromatic rings. The molecule has 0 saturated heterocycles. The lowest BCUT2D eigenvalue weighted by atomic mass is 10.1. The number of imidazole rings is 1. The number of halogens is 1. The Morgan fingerprint density at radius 1 is 1.08 bits per heavy atom. The van der Waals surface area contributed by atoms with Gasteiger partial charge in [-0.1, -0.05) is 35.9 Å². The van der Waals surface area contributed by atoms with Crippen molar-refractivity contribution in [1.29, 1.82) is 0 Å². The van der Waals surface area contributed by atoms with Crippen LogP contribution in [-0.4, -0.2) is 33.7 Å². The molecule has 0 unspecified atom stereocenters. The van der Waals surface area contributed by atoms with E-state index in [-0.39, 0.29) is 18.5 Å². The number of hydrogen-bond acceptors (Lipinski definition) is 7. The van der Waals surface area contributed by atoms with Gasteiger partial charge in [-0.05, 0) is 50.6 Å². The second kappa shape index (κ2) is 12.5. The minimum absolute atomic E-state index is 0.167. The molecule has 1 amide bonds. The number of aryl methyl sites for hydroxylation is 2. The van der Waals surface area contributed by atoms with E-state index in [4.69, 9.17) is 25.1 Å². The van der Waals surface area contributed by atoms with Gasteiger partial charge in [-0.3, -0.25) is 13.9 Å². The number of hydrogen-bond donors (Lipinski definition) is 1. The first-order valence-corrected chi connectivity index (χ1v) is 14.4.